The lowest BCUT2D eigenvalue weighted by Gasteiger charge is -2.28. The molecule has 1 aliphatic carbocycles. The number of aromatic nitrogens is 6. The van der Waals surface area contributed by atoms with Crippen molar-refractivity contribution in [1.82, 2.24) is 29.9 Å². The van der Waals surface area contributed by atoms with E-state index in [-0.39, 0.29) is 6.04 Å². The second-order valence-electron chi connectivity index (χ2n) is 8.20. The fraction of sp³-hybridized carbons (Fsp3) is 0.455. The van der Waals surface area contributed by atoms with E-state index in [1.54, 1.807) is 26.4 Å². The van der Waals surface area contributed by atoms with Crippen LogP contribution in [0.4, 0.5) is 14.7 Å². The van der Waals surface area contributed by atoms with Gasteiger partial charge in [0, 0.05) is 24.9 Å². The van der Waals surface area contributed by atoms with E-state index in [1.165, 1.54) is 4.68 Å². The van der Waals surface area contributed by atoms with E-state index in [1.807, 2.05) is 12.3 Å². The van der Waals surface area contributed by atoms with Gasteiger partial charge in [-0.15, -0.1) is 5.10 Å². The van der Waals surface area contributed by atoms with Crippen molar-refractivity contribution < 1.29 is 18.3 Å². The van der Waals surface area contributed by atoms with E-state index in [0.717, 1.165) is 42.2 Å². The van der Waals surface area contributed by atoms with Crippen molar-refractivity contribution in [2.24, 2.45) is 0 Å². The van der Waals surface area contributed by atoms with Crippen molar-refractivity contribution in [3.8, 4) is 17.0 Å². The average Bonchev–Trinajstić information content (AvgIpc) is 3.42. The van der Waals surface area contributed by atoms with Crippen LogP contribution in [0, 0.1) is 0 Å². The number of methoxy groups -OCH3 is 2. The first-order valence-corrected chi connectivity index (χ1v) is 10.9. The van der Waals surface area contributed by atoms with Crippen LogP contribution in [0.2, 0.25) is 0 Å². The van der Waals surface area contributed by atoms with Gasteiger partial charge in [0.05, 0.1) is 24.1 Å². The molecule has 0 amide bonds. The summed E-state index contributed by atoms with van der Waals surface area (Å²) in [5.74, 6) is 0.937. The number of H-pyrrole nitrogens is 1. The van der Waals surface area contributed by atoms with Gasteiger partial charge in [-0.05, 0) is 43.4 Å². The first-order chi connectivity index (χ1) is 16.1. The number of alkyl halides is 2. The molecule has 33 heavy (non-hydrogen) atoms. The standard InChI is InChI=1S/C22H25F2N7O2/c1-32-14-6-4-13(5-7-14)26-22-27-20-19(21(28-22)33-2)15(10-25-20)12-3-8-16-17(9-12)31(30-29-16)11-18(23)24/h3,8-10,13-14,18H,4-7,11H2,1-2H3,(H2,25,26,27,28)/t13-,14+. The van der Waals surface area contributed by atoms with Crippen LogP contribution in [0.3, 0.4) is 0 Å². The topological polar surface area (TPSA) is 103 Å². The molecule has 0 aliphatic heterocycles. The van der Waals surface area contributed by atoms with Crippen LogP contribution in [-0.4, -0.2) is 62.7 Å². The summed E-state index contributed by atoms with van der Waals surface area (Å²) < 4.78 is 38.1. The number of nitrogens with one attached hydrogen (secondary N) is 2. The zero-order valence-corrected chi connectivity index (χ0v) is 18.4. The molecule has 174 valence electrons. The number of benzene rings is 1. The van der Waals surface area contributed by atoms with E-state index < -0.39 is 13.0 Å². The third-order valence-corrected chi connectivity index (χ3v) is 6.17. The molecule has 0 spiro atoms. The SMILES string of the molecule is COc1nc(N[C@H]2CC[C@@H](OC)CC2)nc2[nH]cc(-c3ccc4nnn(CC(F)F)c4c3)c12. The molecule has 1 saturated carbocycles. The number of hydrogen-bond donors (Lipinski definition) is 2. The van der Waals surface area contributed by atoms with Gasteiger partial charge >= 0.3 is 0 Å². The monoisotopic (exact) mass is 457 g/mol. The van der Waals surface area contributed by atoms with Crippen LogP contribution in [0.5, 0.6) is 5.88 Å². The highest BCUT2D eigenvalue weighted by Crippen LogP contribution is 2.35. The van der Waals surface area contributed by atoms with Crippen LogP contribution in [0.1, 0.15) is 25.7 Å². The summed E-state index contributed by atoms with van der Waals surface area (Å²) in [4.78, 5) is 12.4. The average molecular weight is 457 g/mol. The van der Waals surface area contributed by atoms with E-state index in [0.29, 0.717) is 34.6 Å². The number of fused-ring (bicyclic) bond motifs is 2. The number of rotatable bonds is 7. The lowest BCUT2D eigenvalue weighted by Crippen LogP contribution is -2.29. The molecular weight excluding hydrogens is 432 g/mol. The van der Waals surface area contributed by atoms with Gasteiger partial charge in [-0.1, -0.05) is 11.3 Å². The Balaban J connectivity index is 1.47. The second kappa shape index (κ2) is 8.89. The number of aromatic amines is 1. The summed E-state index contributed by atoms with van der Waals surface area (Å²) >= 11 is 0. The quantitative estimate of drug-likeness (QED) is 0.432. The number of halogens is 2. The van der Waals surface area contributed by atoms with Gasteiger partial charge in [0.2, 0.25) is 11.8 Å². The van der Waals surface area contributed by atoms with Crippen molar-refractivity contribution in [3.05, 3.63) is 24.4 Å². The van der Waals surface area contributed by atoms with Crippen LogP contribution in [0.15, 0.2) is 24.4 Å². The highest BCUT2D eigenvalue weighted by molar-refractivity contribution is 5.99. The molecule has 1 aliphatic rings. The third-order valence-electron chi connectivity index (χ3n) is 6.17. The minimum Gasteiger partial charge on any atom is -0.480 e. The van der Waals surface area contributed by atoms with Crippen LogP contribution < -0.4 is 10.1 Å². The molecule has 2 N–H and O–H groups in total. The normalized spacial score (nSPS) is 18.9. The maximum absolute atomic E-state index is 12.9. The maximum atomic E-state index is 12.9. The van der Waals surface area contributed by atoms with Crippen LogP contribution in [0.25, 0.3) is 33.2 Å². The Labute approximate surface area is 188 Å². The predicted molar refractivity (Wildman–Crippen MR) is 120 cm³/mol. The summed E-state index contributed by atoms with van der Waals surface area (Å²) in [6.45, 7) is -0.512. The van der Waals surface area contributed by atoms with Gasteiger partial charge in [0.15, 0.2) is 0 Å². The molecule has 0 saturated heterocycles. The van der Waals surface area contributed by atoms with Gasteiger partial charge in [-0.3, -0.25) is 0 Å². The summed E-state index contributed by atoms with van der Waals surface area (Å²) in [5.41, 5.74) is 3.32. The number of hydrogen-bond acceptors (Lipinski definition) is 7. The van der Waals surface area contributed by atoms with Crippen LogP contribution >= 0.6 is 0 Å². The predicted octanol–water partition coefficient (Wildman–Crippen LogP) is 4.01. The highest BCUT2D eigenvalue weighted by Gasteiger charge is 2.23. The lowest BCUT2D eigenvalue weighted by molar-refractivity contribution is 0.0681. The van der Waals surface area contributed by atoms with E-state index >= 15 is 0 Å². The van der Waals surface area contributed by atoms with Gasteiger partial charge < -0.3 is 19.8 Å². The Morgan fingerprint density at radius 1 is 1.18 bits per heavy atom. The van der Waals surface area contributed by atoms with Crippen molar-refractivity contribution >= 4 is 28.0 Å². The minimum atomic E-state index is -2.52. The van der Waals surface area contributed by atoms with Crippen molar-refractivity contribution in [1.29, 1.82) is 0 Å². The van der Waals surface area contributed by atoms with Crippen molar-refractivity contribution in [2.45, 2.75) is 50.8 Å². The Bertz CT molecular complexity index is 1260. The minimum absolute atomic E-state index is 0.276. The Hall–Kier alpha value is -3.34. The van der Waals surface area contributed by atoms with Gasteiger partial charge in [0.25, 0.3) is 6.43 Å². The number of nitrogens with zero attached hydrogens (tertiary/aromatic N) is 5. The fourth-order valence-electron chi connectivity index (χ4n) is 4.46. The molecule has 0 bridgehead atoms. The summed E-state index contributed by atoms with van der Waals surface area (Å²) in [7, 11) is 3.32. The van der Waals surface area contributed by atoms with E-state index in [9.17, 15) is 8.78 Å². The summed E-state index contributed by atoms with van der Waals surface area (Å²) in [5, 5.41) is 12.0. The molecule has 3 aromatic heterocycles. The molecule has 3 heterocycles. The molecule has 4 aromatic rings. The Morgan fingerprint density at radius 2 is 2.00 bits per heavy atom. The van der Waals surface area contributed by atoms with E-state index in [4.69, 9.17) is 9.47 Å². The third kappa shape index (κ3) is 4.20. The van der Waals surface area contributed by atoms with Gasteiger partial charge in [0.1, 0.15) is 17.7 Å². The van der Waals surface area contributed by atoms with Crippen molar-refractivity contribution in [2.75, 3.05) is 19.5 Å². The molecule has 1 fully saturated rings. The number of anilines is 1. The maximum Gasteiger partial charge on any atom is 0.258 e. The van der Waals surface area contributed by atoms with Crippen LogP contribution in [-0.2, 0) is 11.3 Å². The largest absolute Gasteiger partial charge is 0.480 e. The molecule has 5 rings (SSSR count). The summed E-state index contributed by atoms with van der Waals surface area (Å²) in [6, 6.07) is 5.70. The molecule has 0 unspecified atom stereocenters. The molecular formula is C22H25F2N7O2. The van der Waals surface area contributed by atoms with E-state index in [2.05, 4.69) is 30.6 Å². The second-order valence-corrected chi connectivity index (χ2v) is 8.20. The zero-order valence-electron chi connectivity index (χ0n) is 18.4. The first-order valence-electron chi connectivity index (χ1n) is 10.9. The fourth-order valence-corrected chi connectivity index (χ4v) is 4.46. The lowest BCUT2D eigenvalue weighted by atomic mass is 9.93. The summed E-state index contributed by atoms with van der Waals surface area (Å²) in [6.07, 6.45) is 3.58. The molecule has 1 aromatic carbocycles. The Morgan fingerprint density at radius 3 is 2.73 bits per heavy atom. The van der Waals surface area contributed by atoms with Gasteiger partial charge in [-0.2, -0.15) is 9.97 Å². The smallest absolute Gasteiger partial charge is 0.258 e. The Kier molecular flexibility index (Phi) is 5.79. The molecule has 9 nitrogen and oxygen atoms in total. The first kappa shape index (κ1) is 21.5. The van der Waals surface area contributed by atoms with Crippen molar-refractivity contribution in [3.63, 3.8) is 0 Å². The molecule has 0 radical (unpaired) electrons. The molecule has 0 atom stereocenters. The van der Waals surface area contributed by atoms with Gasteiger partial charge in [-0.25, -0.2) is 13.5 Å². The molecule has 11 heteroatoms. The number of ether oxygens (including phenoxy) is 2. The highest BCUT2D eigenvalue weighted by atomic mass is 19.3. The zero-order chi connectivity index (χ0) is 22.9.